The first-order chi connectivity index (χ1) is 13.6. The number of anilines is 1. The number of nitrogens with one attached hydrogen (secondary N) is 1. The van der Waals surface area contributed by atoms with Crippen molar-refractivity contribution in [1.29, 1.82) is 0 Å². The van der Waals surface area contributed by atoms with Crippen LogP contribution in [0.1, 0.15) is 36.3 Å². The minimum absolute atomic E-state index is 0. The number of rotatable bonds is 4. The number of carbonyl (C=O) groups is 1. The third-order valence-electron chi connectivity index (χ3n) is 5.67. The lowest BCUT2D eigenvalue weighted by Gasteiger charge is -2.22. The summed E-state index contributed by atoms with van der Waals surface area (Å²) in [4.78, 5) is 20.5. The summed E-state index contributed by atoms with van der Waals surface area (Å²) < 4.78 is 1.87. The third-order valence-corrected chi connectivity index (χ3v) is 5.67. The summed E-state index contributed by atoms with van der Waals surface area (Å²) in [6, 6.07) is 8.25. The SMILES string of the molecule is CN=C(NCc1ccc(N2CCCC2=O)cc1)N1CCC(c2cnn(C)c2)C1.I. The quantitative estimate of drug-likeness (QED) is 0.392. The molecule has 0 spiro atoms. The van der Waals surface area contributed by atoms with Gasteiger partial charge in [0.15, 0.2) is 5.96 Å². The number of aromatic nitrogens is 2. The third kappa shape index (κ3) is 4.91. The highest BCUT2D eigenvalue weighted by atomic mass is 127. The van der Waals surface area contributed by atoms with Gasteiger partial charge in [0.2, 0.25) is 5.91 Å². The van der Waals surface area contributed by atoms with E-state index in [1.54, 1.807) is 0 Å². The molecule has 1 aromatic carbocycles. The van der Waals surface area contributed by atoms with Crippen molar-refractivity contribution in [2.24, 2.45) is 12.0 Å². The van der Waals surface area contributed by atoms with E-state index in [0.717, 1.165) is 50.7 Å². The van der Waals surface area contributed by atoms with Crippen molar-refractivity contribution in [1.82, 2.24) is 20.0 Å². The molecular formula is C21H29IN6O. The number of benzene rings is 1. The molecule has 0 radical (unpaired) electrons. The summed E-state index contributed by atoms with van der Waals surface area (Å²) in [5.41, 5.74) is 3.47. The molecule has 1 atom stereocenters. The fraction of sp³-hybridized carbons (Fsp3) is 0.476. The fourth-order valence-electron chi connectivity index (χ4n) is 4.10. The maximum absolute atomic E-state index is 11.9. The van der Waals surface area contributed by atoms with Crippen molar-refractivity contribution in [3.05, 3.63) is 47.8 Å². The Bertz CT molecular complexity index is 862. The van der Waals surface area contributed by atoms with Gasteiger partial charge in [-0.3, -0.25) is 14.5 Å². The molecule has 1 unspecified atom stereocenters. The molecule has 7 nitrogen and oxygen atoms in total. The highest BCUT2D eigenvalue weighted by molar-refractivity contribution is 14.0. The molecule has 0 bridgehead atoms. The predicted molar refractivity (Wildman–Crippen MR) is 126 cm³/mol. The van der Waals surface area contributed by atoms with Gasteiger partial charge in [0, 0.05) is 64.5 Å². The van der Waals surface area contributed by atoms with Gasteiger partial charge < -0.3 is 15.1 Å². The molecule has 8 heteroatoms. The van der Waals surface area contributed by atoms with Gasteiger partial charge in [-0.1, -0.05) is 12.1 Å². The predicted octanol–water partition coefficient (Wildman–Crippen LogP) is 2.73. The van der Waals surface area contributed by atoms with Crippen LogP contribution in [0.5, 0.6) is 0 Å². The van der Waals surface area contributed by atoms with E-state index in [1.807, 2.05) is 42.0 Å². The standard InChI is InChI=1S/C21H28N6O.HI/c1-22-21(26-11-9-17(15-26)18-13-24-25(2)14-18)23-12-16-5-7-19(8-6-16)27-10-3-4-20(27)28;/h5-8,13-14,17H,3-4,9-12,15H2,1-2H3,(H,22,23);1H. The van der Waals surface area contributed by atoms with Crippen molar-refractivity contribution in [2.75, 3.05) is 31.6 Å². The number of aliphatic imine (C=N–C) groups is 1. The number of hydrogen-bond acceptors (Lipinski definition) is 3. The first-order valence-corrected chi connectivity index (χ1v) is 9.97. The Morgan fingerprint density at radius 1 is 1.28 bits per heavy atom. The van der Waals surface area contributed by atoms with Crippen LogP contribution in [0.15, 0.2) is 41.7 Å². The number of hydrogen-bond donors (Lipinski definition) is 1. The molecule has 29 heavy (non-hydrogen) atoms. The van der Waals surface area contributed by atoms with Crippen LogP contribution < -0.4 is 10.2 Å². The second-order valence-electron chi connectivity index (χ2n) is 7.60. The lowest BCUT2D eigenvalue weighted by molar-refractivity contribution is -0.117. The summed E-state index contributed by atoms with van der Waals surface area (Å²) in [5, 5.41) is 7.77. The first-order valence-electron chi connectivity index (χ1n) is 9.97. The topological polar surface area (TPSA) is 65.8 Å². The second kappa shape index (κ2) is 9.60. The van der Waals surface area contributed by atoms with E-state index in [2.05, 4.69) is 38.6 Å². The van der Waals surface area contributed by atoms with Crippen LogP contribution in [0.25, 0.3) is 0 Å². The van der Waals surface area contributed by atoms with Crippen LogP contribution in [0, 0.1) is 0 Å². The zero-order valence-electron chi connectivity index (χ0n) is 17.0. The van der Waals surface area contributed by atoms with Gasteiger partial charge in [-0.05, 0) is 36.1 Å². The van der Waals surface area contributed by atoms with Crippen molar-refractivity contribution in [3.63, 3.8) is 0 Å². The molecule has 1 amide bonds. The lowest BCUT2D eigenvalue weighted by atomic mass is 10.0. The fourth-order valence-corrected chi connectivity index (χ4v) is 4.10. The van der Waals surface area contributed by atoms with E-state index in [-0.39, 0.29) is 29.9 Å². The Hall–Kier alpha value is -2.10. The molecule has 1 aromatic heterocycles. The first kappa shape index (κ1) is 21.6. The molecule has 2 aromatic rings. The molecule has 2 saturated heterocycles. The van der Waals surface area contributed by atoms with Crippen LogP contribution in [-0.2, 0) is 18.4 Å². The van der Waals surface area contributed by atoms with Crippen molar-refractivity contribution < 1.29 is 4.79 Å². The van der Waals surface area contributed by atoms with Gasteiger partial charge in [0.25, 0.3) is 0 Å². The number of likely N-dealkylation sites (tertiary alicyclic amines) is 1. The highest BCUT2D eigenvalue weighted by Crippen LogP contribution is 2.27. The maximum atomic E-state index is 11.9. The van der Waals surface area contributed by atoms with Gasteiger partial charge in [-0.25, -0.2) is 0 Å². The molecule has 2 aliphatic rings. The minimum atomic E-state index is 0. The zero-order chi connectivity index (χ0) is 19.5. The number of carbonyl (C=O) groups excluding carboxylic acids is 1. The average Bonchev–Trinajstić information content (AvgIpc) is 3.44. The molecule has 0 aliphatic carbocycles. The summed E-state index contributed by atoms with van der Waals surface area (Å²) in [7, 11) is 3.80. The number of halogens is 1. The second-order valence-corrected chi connectivity index (χ2v) is 7.60. The molecule has 2 fully saturated rings. The van der Waals surface area contributed by atoms with Crippen molar-refractivity contribution in [2.45, 2.75) is 31.7 Å². The van der Waals surface area contributed by atoms with E-state index in [0.29, 0.717) is 12.3 Å². The van der Waals surface area contributed by atoms with Gasteiger partial charge in [-0.2, -0.15) is 5.10 Å². The number of amides is 1. The van der Waals surface area contributed by atoms with Crippen LogP contribution >= 0.6 is 24.0 Å². The lowest BCUT2D eigenvalue weighted by Crippen LogP contribution is -2.39. The smallest absolute Gasteiger partial charge is 0.227 e. The molecular weight excluding hydrogens is 479 g/mol. The van der Waals surface area contributed by atoms with E-state index in [9.17, 15) is 4.79 Å². The Morgan fingerprint density at radius 2 is 2.07 bits per heavy atom. The summed E-state index contributed by atoms with van der Waals surface area (Å²) in [5.74, 6) is 1.67. The normalized spacial score (nSPS) is 19.6. The Balaban J connectivity index is 0.00000240. The van der Waals surface area contributed by atoms with E-state index >= 15 is 0 Å². The summed E-state index contributed by atoms with van der Waals surface area (Å²) in [6.07, 6.45) is 6.81. The molecule has 156 valence electrons. The monoisotopic (exact) mass is 508 g/mol. The van der Waals surface area contributed by atoms with Gasteiger partial charge in [-0.15, -0.1) is 24.0 Å². The van der Waals surface area contributed by atoms with E-state index in [4.69, 9.17) is 0 Å². The number of nitrogens with zero attached hydrogens (tertiary/aromatic N) is 5. The van der Waals surface area contributed by atoms with Gasteiger partial charge in [0.1, 0.15) is 0 Å². The zero-order valence-corrected chi connectivity index (χ0v) is 19.4. The van der Waals surface area contributed by atoms with Gasteiger partial charge >= 0.3 is 0 Å². The Kier molecular flexibility index (Phi) is 7.15. The van der Waals surface area contributed by atoms with Crippen LogP contribution in [0.4, 0.5) is 5.69 Å². The van der Waals surface area contributed by atoms with Crippen molar-refractivity contribution in [3.8, 4) is 0 Å². The van der Waals surface area contributed by atoms with Crippen LogP contribution in [0.2, 0.25) is 0 Å². The van der Waals surface area contributed by atoms with Crippen molar-refractivity contribution >= 4 is 41.5 Å². The Morgan fingerprint density at radius 3 is 2.69 bits per heavy atom. The van der Waals surface area contributed by atoms with E-state index < -0.39 is 0 Å². The molecule has 3 heterocycles. The van der Waals surface area contributed by atoms with Crippen LogP contribution in [-0.4, -0.2) is 53.2 Å². The Labute approximate surface area is 189 Å². The summed E-state index contributed by atoms with van der Waals surface area (Å²) >= 11 is 0. The largest absolute Gasteiger partial charge is 0.352 e. The number of guanidine groups is 1. The van der Waals surface area contributed by atoms with Gasteiger partial charge in [0.05, 0.1) is 6.20 Å². The van der Waals surface area contributed by atoms with E-state index in [1.165, 1.54) is 11.1 Å². The number of aryl methyl sites for hydroxylation is 1. The summed E-state index contributed by atoms with van der Waals surface area (Å²) in [6.45, 7) is 3.50. The molecule has 1 N–H and O–H groups in total. The molecule has 4 rings (SSSR count). The van der Waals surface area contributed by atoms with Crippen LogP contribution in [0.3, 0.4) is 0 Å². The average molecular weight is 508 g/mol. The molecule has 2 aliphatic heterocycles. The maximum Gasteiger partial charge on any atom is 0.227 e. The molecule has 0 saturated carbocycles. The minimum Gasteiger partial charge on any atom is -0.352 e. The highest BCUT2D eigenvalue weighted by Gasteiger charge is 2.27.